The third kappa shape index (κ3) is 3.32. The molecule has 1 saturated heterocycles. The predicted molar refractivity (Wildman–Crippen MR) is 113 cm³/mol. The Morgan fingerprint density at radius 3 is 2.04 bits per heavy atom. The first-order valence-corrected chi connectivity index (χ1v) is 10.3. The highest BCUT2D eigenvalue weighted by atomic mass is 127. The Hall–Kier alpha value is -1.45. The molecular weight excluding hydrogens is 441 g/mol. The van der Waals surface area contributed by atoms with E-state index in [1.807, 2.05) is 63.9 Å². The van der Waals surface area contributed by atoms with Gasteiger partial charge in [-0.3, -0.25) is 4.79 Å². The fraction of sp³-hybridized carbons (Fsp3) is 0.286. The van der Waals surface area contributed by atoms with Gasteiger partial charge in [-0.05, 0) is 21.0 Å². The minimum Gasteiger partial charge on any atom is -0.308 e. The molecule has 1 amide bonds. The van der Waals surface area contributed by atoms with Gasteiger partial charge < -0.3 is 4.90 Å². The maximum absolute atomic E-state index is 13.2. The summed E-state index contributed by atoms with van der Waals surface area (Å²) in [7, 11) is 0. The fourth-order valence-electron chi connectivity index (χ4n) is 3.27. The van der Waals surface area contributed by atoms with Gasteiger partial charge in [-0.2, -0.15) is 0 Å². The molecule has 2 aromatic rings. The van der Waals surface area contributed by atoms with Crippen LogP contribution in [0.4, 0.5) is 0 Å². The summed E-state index contributed by atoms with van der Waals surface area (Å²) >= 11 is 3.78. The minimum atomic E-state index is -0.533. The molecule has 1 heterocycles. The molecule has 1 unspecified atom stereocenters. The summed E-state index contributed by atoms with van der Waals surface area (Å²) in [5.41, 5.74) is 2.25. The van der Waals surface area contributed by atoms with Crippen LogP contribution in [-0.4, -0.2) is 22.6 Å². The van der Waals surface area contributed by atoms with E-state index in [4.69, 9.17) is 0 Å². The zero-order valence-electron chi connectivity index (χ0n) is 14.3. The van der Waals surface area contributed by atoms with Crippen LogP contribution in [0.15, 0.2) is 60.7 Å². The van der Waals surface area contributed by atoms with Crippen LogP contribution in [0, 0.1) is 15.8 Å². The molecule has 3 rings (SSSR count). The number of carbonyl (C=O) groups is 1. The Kier molecular flexibility index (Phi) is 5.75. The molecule has 2 nitrogen and oxygen atoms in total. The zero-order chi connectivity index (χ0) is 17.9. The summed E-state index contributed by atoms with van der Waals surface area (Å²) in [6, 6.07) is 20.6. The fourth-order valence-corrected chi connectivity index (χ4v) is 5.13. The smallest absolute Gasteiger partial charge is 0.238 e. The molecule has 2 aromatic carbocycles. The molecule has 1 aliphatic heterocycles. The Morgan fingerprint density at radius 2 is 1.60 bits per heavy atom. The van der Waals surface area contributed by atoms with E-state index in [2.05, 4.69) is 48.0 Å². The lowest BCUT2D eigenvalue weighted by molar-refractivity contribution is -0.131. The molecule has 0 saturated carbocycles. The van der Waals surface area contributed by atoms with Gasteiger partial charge in [0.25, 0.3) is 0 Å². The van der Waals surface area contributed by atoms with Crippen molar-refractivity contribution in [2.24, 2.45) is 5.92 Å². The van der Waals surface area contributed by atoms with Crippen LogP contribution in [0.25, 0.3) is 0 Å². The molecular formula is C21H20INOS. The van der Waals surface area contributed by atoms with Crippen LogP contribution in [-0.2, 0) is 9.67 Å². The van der Waals surface area contributed by atoms with Crippen molar-refractivity contribution in [2.45, 2.75) is 24.0 Å². The second-order valence-corrected chi connectivity index (χ2v) is 8.23. The van der Waals surface area contributed by atoms with Gasteiger partial charge in [0.05, 0.1) is 11.8 Å². The first-order chi connectivity index (χ1) is 12.1. The number of halogens is 1. The van der Waals surface area contributed by atoms with E-state index in [0.717, 1.165) is 11.1 Å². The summed E-state index contributed by atoms with van der Waals surface area (Å²) < 4.78 is 2.92. The lowest BCUT2D eigenvalue weighted by Crippen LogP contribution is -2.44. The normalized spacial score (nSPS) is 19.0. The maximum Gasteiger partial charge on any atom is 0.238 e. The Balaban J connectivity index is 2.23. The molecule has 1 atom stereocenters. The van der Waals surface area contributed by atoms with Crippen LogP contribution in [0.1, 0.15) is 25.0 Å². The highest BCUT2D eigenvalue weighted by Gasteiger charge is 2.54. The molecule has 0 radical (unpaired) electrons. The summed E-state index contributed by atoms with van der Waals surface area (Å²) in [5.74, 6) is 3.54. The number of amides is 1. The number of nitrogens with zero attached hydrogens (tertiary/aromatic N) is 1. The Bertz CT molecular complexity index is 755. The third-order valence-electron chi connectivity index (χ3n) is 4.43. The molecule has 1 aliphatic rings. The summed E-state index contributed by atoms with van der Waals surface area (Å²) in [4.78, 5) is 14.7. The SMILES string of the molecule is CC(C)C1SC(c2ccccc2)(c2ccccc2)N(CC#CI)C1=O. The highest BCUT2D eigenvalue weighted by molar-refractivity contribution is 14.1. The van der Waals surface area contributed by atoms with Gasteiger partial charge >= 0.3 is 0 Å². The molecule has 0 aromatic heterocycles. The molecule has 1 fully saturated rings. The first-order valence-electron chi connectivity index (χ1n) is 8.30. The van der Waals surface area contributed by atoms with Crippen molar-refractivity contribution in [1.29, 1.82) is 0 Å². The number of hydrogen-bond donors (Lipinski definition) is 0. The van der Waals surface area contributed by atoms with Gasteiger partial charge in [0, 0.05) is 22.6 Å². The average molecular weight is 461 g/mol. The first kappa shape index (κ1) is 18.3. The van der Waals surface area contributed by atoms with E-state index in [1.54, 1.807) is 11.8 Å². The third-order valence-corrected chi connectivity index (χ3v) is 6.84. The van der Waals surface area contributed by atoms with Crippen molar-refractivity contribution in [3.63, 3.8) is 0 Å². The second kappa shape index (κ2) is 7.84. The van der Waals surface area contributed by atoms with E-state index >= 15 is 0 Å². The number of hydrogen-bond acceptors (Lipinski definition) is 2. The van der Waals surface area contributed by atoms with E-state index in [-0.39, 0.29) is 17.1 Å². The van der Waals surface area contributed by atoms with Crippen molar-refractivity contribution >= 4 is 40.3 Å². The largest absolute Gasteiger partial charge is 0.308 e. The van der Waals surface area contributed by atoms with Crippen molar-refractivity contribution in [1.82, 2.24) is 4.90 Å². The van der Waals surface area contributed by atoms with Gasteiger partial charge in [-0.15, -0.1) is 11.8 Å². The van der Waals surface area contributed by atoms with E-state index < -0.39 is 4.87 Å². The maximum atomic E-state index is 13.2. The quantitative estimate of drug-likeness (QED) is 0.478. The standard InChI is InChI=1S/C21H20INOS/c1-16(2)19-20(24)23(15-9-14-22)21(25-19,17-10-5-3-6-11-17)18-12-7-4-8-13-18/h3-8,10-13,16,19H,15H2,1-2H3. The second-order valence-electron chi connectivity index (χ2n) is 6.35. The van der Waals surface area contributed by atoms with Crippen molar-refractivity contribution in [2.75, 3.05) is 6.54 Å². The van der Waals surface area contributed by atoms with Gasteiger partial charge in [-0.25, -0.2) is 0 Å². The van der Waals surface area contributed by atoms with Crippen molar-refractivity contribution < 1.29 is 4.79 Å². The van der Waals surface area contributed by atoms with E-state index in [0.29, 0.717) is 6.54 Å². The number of benzene rings is 2. The number of rotatable bonds is 4. The summed E-state index contributed by atoms with van der Waals surface area (Å²) in [6.07, 6.45) is 0. The van der Waals surface area contributed by atoms with Crippen molar-refractivity contribution in [3.05, 3.63) is 71.8 Å². The molecule has 0 bridgehead atoms. The van der Waals surface area contributed by atoms with Crippen LogP contribution in [0.3, 0.4) is 0 Å². The van der Waals surface area contributed by atoms with Crippen LogP contribution in [0.5, 0.6) is 0 Å². The topological polar surface area (TPSA) is 20.3 Å². The van der Waals surface area contributed by atoms with Crippen LogP contribution < -0.4 is 0 Å². The summed E-state index contributed by atoms with van der Waals surface area (Å²) in [5, 5.41) is -0.0728. The monoisotopic (exact) mass is 461 g/mol. The van der Waals surface area contributed by atoms with Gasteiger partial charge in [0.1, 0.15) is 4.87 Å². The molecule has 0 spiro atoms. The Morgan fingerprint density at radius 1 is 1.08 bits per heavy atom. The lowest BCUT2D eigenvalue weighted by Gasteiger charge is -2.37. The summed E-state index contributed by atoms with van der Waals surface area (Å²) in [6.45, 7) is 4.66. The number of thioether (sulfide) groups is 1. The number of carbonyl (C=O) groups excluding carboxylic acids is 1. The Labute approximate surface area is 167 Å². The molecule has 0 aliphatic carbocycles. The van der Waals surface area contributed by atoms with Gasteiger partial charge in [-0.1, -0.05) is 80.4 Å². The van der Waals surface area contributed by atoms with Gasteiger partial charge in [0.2, 0.25) is 5.91 Å². The lowest BCUT2D eigenvalue weighted by atomic mass is 9.95. The predicted octanol–water partition coefficient (Wildman–Crippen LogP) is 4.88. The molecule has 4 heteroatoms. The van der Waals surface area contributed by atoms with Crippen LogP contribution in [0.2, 0.25) is 0 Å². The van der Waals surface area contributed by atoms with E-state index in [9.17, 15) is 4.79 Å². The molecule has 128 valence electrons. The molecule has 0 N–H and O–H groups in total. The van der Waals surface area contributed by atoms with Gasteiger partial charge in [0.15, 0.2) is 0 Å². The van der Waals surface area contributed by atoms with E-state index in [1.165, 1.54) is 0 Å². The highest BCUT2D eigenvalue weighted by Crippen LogP contribution is 2.54. The average Bonchev–Trinajstić information content (AvgIpc) is 2.95. The van der Waals surface area contributed by atoms with Crippen LogP contribution >= 0.6 is 34.4 Å². The van der Waals surface area contributed by atoms with Crippen molar-refractivity contribution in [3.8, 4) is 9.85 Å². The zero-order valence-corrected chi connectivity index (χ0v) is 17.3. The minimum absolute atomic E-state index is 0.0728. The molecule has 25 heavy (non-hydrogen) atoms.